The molecule has 0 saturated carbocycles. The predicted molar refractivity (Wildman–Crippen MR) is 51.4 cm³/mol. The third-order valence-electron chi connectivity index (χ3n) is 2.27. The Labute approximate surface area is 82.6 Å². The normalized spacial score (nSPS) is 15.6. The van der Waals surface area contributed by atoms with Crippen LogP contribution in [-0.4, -0.2) is 20.4 Å². The average Bonchev–Trinajstić information content (AvgIpc) is 2.66. The molecule has 0 fully saturated rings. The molecule has 1 atom stereocenters. The molecule has 0 amide bonds. The number of benzene rings is 1. The van der Waals surface area contributed by atoms with E-state index in [-0.39, 0.29) is 6.10 Å². The summed E-state index contributed by atoms with van der Waals surface area (Å²) in [6.07, 6.45) is -0.0792. The minimum absolute atomic E-state index is 0.0792. The molecule has 0 aromatic heterocycles. The lowest BCUT2D eigenvalue weighted by atomic mass is 10.1. The quantitative estimate of drug-likeness (QED) is 0.783. The van der Waals surface area contributed by atoms with Crippen molar-refractivity contribution in [3.8, 4) is 11.5 Å². The van der Waals surface area contributed by atoms with Gasteiger partial charge in [-0.1, -0.05) is 6.07 Å². The van der Waals surface area contributed by atoms with Crippen molar-refractivity contribution >= 4 is 0 Å². The molecule has 2 rings (SSSR count). The summed E-state index contributed by atoms with van der Waals surface area (Å²) in [4.78, 5) is 0. The van der Waals surface area contributed by atoms with Gasteiger partial charge in [-0.25, -0.2) is 0 Å². The minimum Gasteiger partial charge on any atom is -0.454 e. The second kappa shape index (κ2) is 3.86. The van der Waals surface area contributed by atoms with E-state index in [0.29, 0.717) is 13.3 Å². The van der Waals surface area contributed by atoms with Crippen LogP contribution in [0.15, 0.2) is 18.2 Å². The second-order valence-corrected chi connectivity index (χ2v) is 3.07. The zero-order valence-corrected chi connectivity index (χ0v) is 8.03. The molecule has 0 spiro atoms. The van der Waals surface area contributed by atoms with E-state index in [1.54, 1.807) is 7.11 Å². The lowest BCUT2D eigenvalue weighted by Gasteiger charge is -2.13. The maximum Gasteiger partial charge on any atom is 0.231 e. The number of hydrogen-bond acceptors (Lipinski definition) is 4. The van der Waals surface area contributed by atoms with E-state index in [9.17, 15) is 0 Å². The van der Waals surface area contributed by atoms with Crippen LogP contribution >= 0.6 is 0 Å². The molecule has 2 N–H and O–H groups in total. The van der Waals surface area contributed by atoms with Gasteiger partial charge >= 0.3 is 0 Å². The first-order chi connectivity index (χ1) is 6.85. The van der Waals surface area contributed by atoms with Gasteiger partial charge in [0, 0.05) is 13.7 Å². The Morgan fingerprint density at radius 3 is 2.93 bits per heavy atom. The van der Waals surface area contributed by atoms with Crippen molar-refractivity contribution in [2.24, 2.45) is 5.73 Å². The molecule has 4 nitrogen and oxygen atoms in total. The van der Waals surface area contributed by atoms with Gasteiger partial charge in [0.15, 0.2) is 11.5 Å². The van der Waals surface area contributed by atoms with E-state index < -0.39 is 0 Å². The molecule has 1 heterocycles. The molecule has 0 radical (unpaired) electrons. The van der Waals surface area contributed by atoms with Crippen LogP contribution in [0.4, 0.5) is 0 Å². The Morgan fingerprint density at radius 2 is 2.21 bits per heavy atom. The number of methoxy groups -OCH3 is 1. The first-order valence-electron chi connectivity index (χ1n) is 4.47. The summed E-state index contributed by atoms with van der Waals surface area (Å²) in [5, 5.41) is 0. The van der Waals surface area contributed by atoms with Gasteiger partial charge in [-0.3, -0.25) is 0 Å². The molecular weight excluding hydrogens is 182 g/mol. The Balaban J connectivity index is 2.27. The highest BCUT2D eigenvalue weighted by molar-refractivity contribution is 5.45. The molecule has 0 bridgehead atoms. The van der Waals surface area contributed by atoms with Gasteiger partial charge in [0.2, 0.25) is 6.79 Å². The highest BCUT2D eigenvalue weighted by atomic mass is 16.7. The largest absolute Gasteiger partial charge is 0.454 e. The van der Waals surface area contributed by atoms with Crippen LogP contribution in [0.5, 0.6) is 11.5 Å². The summed E-state index contributed by atoms with van der Waals surface area (Å²) in [6.45, 7) is 0.745. The summed E-state index contributed by atoms with van der Waals surface area (Å²) in [7, 11) is 1.64. The monoisotopic (exact) mass is 195 g/mol. The molecule has 0 aliphatic carbocycles. The van der Waals surface area contributed by atoms with Crippen molar-refractivity contribution in [1.82, 2.24) is 0 Å². The van der Waals surface area contributed by atoms with Gasteiger partial charge in [0.1, 0.15) is 0 Å². The van der Waals surface area contributed by atoms with Crippen LogP contribution in [0.3, 0.4) is 0 Å². The van der Waals surface area contributed by atoms with E-state index in [1.165, 1.54) is 0 Å². The van der Waals surface area contributed by atoms with E-state index in [2.05, 4.69) is 0 Å². The van der Waals surface area contributed by atoms with Gasteiger partial charge < -0.3 is 19.9 Å². The van der Waals surface area contributed by atoms with Crippen molar-refractivity contribution in [3.63, 3.8) is 0 Å². The molecule has 4 heteroatoms. The average molecular weight is 195 g/mol. The van der Waals surface area contributed by atoms with E-state index in [0.717, 1.165) is 17.1 Å². The highest BCUT2D eigenvalue weighted by Gasteiger charge is 2.16. The smallest absolute Gasteiger partial charge is 0.231 e. The first kappa shape index (κ1) is 9.30. The summed E-state index contributed by atoms with van der Waals surface area (Å²) in [6, 6.07) is 5.72. The van der Waals surface area contributed by atoms with Crippen LogP contribution in [0.2, 0.25) is 0 Å². The van der Waals surface area contributed by atoms with Crippen molar-refractivity contribution < 1.29 is 14.2 Å². The zero-order valence-electron chi connectivity index (χ0n) is 8.03. The van der Waals surface area contributed by atoms with Crippen LogP contribution in [0, 0.1) is 0 Å². The van der Waals surface area contributed by atoms with Gasteiger partial charge in [-0.2, -0.15) is 0 Å². The van der Waals surface area contributed by atoms with Crippen LogP contribution in [-0.2, 0) is 4.74 Å². The third kappa shape index (κ3) is 1.54. The number of hydrogen-bond donors (Lipinski definition) is 1. The maximum atomic E-state index is 5.56. The molecule has 14 heavy (non-hydrogen) atoms. The van der Waals surface area contributed by atoms with Crippen molar-refractivity contribution in [2.75, 3.05) is 20.4 Å². The van der Waals surface area contributed by atoms with E-state index in [4.69, 9.17) is 19.9 Å². The SMILES string of the molecule is COC(CN)c1ccc2c(c1)OCO2. The van der Waals surface area contributed by atoms with Crippen molar-refractivity contribution in [3.05, 3.63) is 23.8 Å². The minimum atomic E-state index is -0.0792. The predicted octanol–water partition coefficient (Wildman–Crippen LogP) is 1.06. The molecular formula is C10H13NO3. The Hall–Kier alpha value is -1.26. The second-order valence-electron chi connectivity index (χ2n) is 3.07. The molecule has 1 aromatic rings. The molecule has 0 saturated heterocycles. The Kier molecular flexibility index (Phi) is 2.56. The molecule has 1 unspecified atom stereocenters. The topological polar surface area (TPSA) is 53.7 Å². The van der Waals surface area contributed by atoms with Gasteiger partial charge in [-0.05, 0) is 17.7 Å². The summed E-state index contributed by atoms with van der Waals surface area (Å²) < 4.78 is 15.7. The summed E-state index contributed by atoms with van der Waals surface area (Å²) in [5.41, 5.74) is 6.58. The van der Waals surface area contributed by atoms with Gasteiger partial charge in [0.05, 0.1) is 6.10 Å². The Morgan fingerprint density at radius 1 is 1.43 bits per heavy atom. The number of rotatable bonds is 3. The van der Waals surface area contributed by atoms with Crippen molar-refractivity contribution in [2.45, 2.75) is 6.10 Å². The number of nitrogens with two attached hydrogens (primary N) is 1. The number of ether oxygens (including phenoxy) is 3. The van der Waals surface area contributed by atoms with Crippen LogP contribution in [0.1, 0.15) is 11.7 Å². The first-order valence-corrected chi connectivity index (χ1v) is 4.47. The molecule has 76 valence electrons. The van der Waals surface area contributed by atoms with E-state index in [1.807, 2.05) is 18.2 Å². The lowest BCUT2D eigenvalue weighted by Crippen LogP contribution is -2.13. The molecule has 1 aromatic carbocycles. The standard InChI is InChI=1S/C10H13NO3/c1-12-10(5-11)7-2-3-8-9(4-7)14-6-13-8/h2-4,10H,5-6,11H2,1H3. The van der Waals surface area contributed by atoms with Crippen molar-refractivity contribution in [1.29, 1.82) is 0 Å². The third-order valence-corrected chi connectivity index (χ3v) is 2.27. The highest BCUT2D eigenvalue weighted by Crippen LogP contribution is 2.34. The molecule has 1 aliphatic rings. The Bertz CT molecular complexity index is 323. The lowest BCUT2D eigenvalue weighted by molar-refractivity contribution is 0.110. The van der Waals surface area contributed by atoms with E-state index >= 15 is 0 Å². The number of fused-ring (bicyclic) bond motifs is 1. The van der Waals surface area contributed by atoms with Crippen LogP contribution in [0.25, 0.3) is 0 Å². The molecule has 1 aliphatic heterocycles. The fourth-order valence-electron chi connectivity index (χ4n) is 1.48. The summed E-state index contributed by atoms with van der Waals surface area (Å²) >= 11 is 0. The van der Waals surface area contributed by atoms with Crippen LogP contribution < -0.4 is 15.2 Å². The fourth-order valence-corrected chi connectivity index (χ4v) is 1.48. The zero-order chi connectivity index (χ0) is 9.97. The fraction of sp³-hybridized carbons (Fsp3) is 0.400. The van der Waals surface area contributed by atoms with Gasteiger partial charge in [0.25, 0.3) is 0 Å². The van der Waals surface area contributed by atoms with Gasteiger partial charge in [-0.15, -0.1) is 0 Å². The maximum absolute atomic E-state index is 5.56. The summed E-state index contributed by atoms with van der Waals surface area (Å²) in [5.74, 6) is 1.54.